The van der Waals surface area contributed by atoms with Crippen LogP contribution in [0.1, 0.15) is 12.8 Å². The van der Waals surface area contributed by atoms with Crippen LogP contribution in [0.25, 0.3) is 0 Å². The van der Waals surface area contributed by atoms with Crippen molar-refractivity contribution in [3.05, 3.63) is 12.1 Å². The molecule has 2 heterocycles. The van der Waals surface area contributed by atoms with Crippen LogP contribution in [0.2, 0.25) is 0 Å². The summed E-state index contributed by atoms with van der Waals surface area (Å²) in [6.45, 7) is 0.987. The SMILES string of the molecule is COc1nc(NCC2CCSCC2)ccc1N. The van der Waals surface area contributed by atoms with Crippen LogP contribution in [0, 0.1) is 5.92 Å². The fourth-order valence-corrected chi connectivity index (χ4v) is 3.12. The number of rotatable bonds is 4. The largest absolute Gasteiger partial charge is 0.479 e. The fraction of sp³-hybridized carbons (Fsp3) is 0.583. The first-order valence-corrected chi connectivity index (χ1v) is 7.07. The number of nitrogen functional groups attached to an aromatic ring is 1. The second-order valence-corrected chi connectivity index (χ2v) is 5.46. The van der Waals surface area contributed by atoms with Crippen molar-refractivity contribution in [2.75, 3.05) is 36.2 Å². The van der Waals surface area contributed by atoms with E-state index in [-0.39, 0.29) is 0 Å². The van der Waals surface area contributed by atoms with Crippen LogP contribution in [0.4, 0.5) is 11.5 Å². The van der Waals surface area contributed by atoms with E-state index in [9.17, 15) is 0 Å². The maximum atomic E-state index is 5.72. The van der Waals surface area contributed by atoms with E-state index < -0.39 is 0 Å². The summed E-state index contributed by atoms with van der Waals surface area (Å²) in [4.78, 5) is 4.31. The Morgan fingerprint density at radius 3 is 2.94 bits per heavy atom. The van der Waals surface area contributed by atoms with Crippen molar-refractivity contribution in [2.24, 2.45) is 5.92 Å². The zero-order chi connectivity index (χ0) is 12.1. The second-order valence-electron chi connectivity index (χ2n) is 4.23. The van der Waals surface area contributed by atoms with E-state index in [2.05, 4.69) is 10.3 Å². The van der Waals surface area contributed by atoms with Gasteiger partial charge in [0.2, 0.25) is 5.88 Å². The minimum Gasteiger partial charge on any atom is -0.479 e. The summed E-state index contributed by atoms with van der Waals surface area (Å²) in [7, 11) is 1.58. The smallest absolute Gasteiger partial charge is 0.238 e. The van der Waals surface area contributed by atoms with Crippen molar-refractivity contribution < 1.29 is 4.74 Å². The van der Waals surface area contributed by atoms with Gasteiger partial charge in [-0.25, -0.2) is 0 Å². The Kier molecular flexibility index (Phi) is 4.36. The highest BCUT2D eigenvalue weighted by Gasteiger charge is 2.13. The molecule has 94 valence electrons. The van der Waals surface area contributed by atoms with Gasteiger partial charge in [-0.3, -0.25) is 0 Å². The van der Waals surface area contributed by atoms with Crippen molar-refractivity contribution in [3.8, 4) is 5.88 Å². The average molecular weight is 253 g/mol. The maximum absolute atomic E-state index is 5.72. The average Bonchev–Trinajstić information content (AvgIpc) is 2.39. The van der Waals surface area contributed by atoms with E-state index in [0.29, 0.717) is 11.6 Å². The summed E-state index contributed by atoms with van der Waals surface area (Å²) in [5.74, 6) is 4.67. The number of hydrogen-bond donors (Lipinski definition) is 2. The third kappa shape index (κ3) is 3.43. The zero-order valence-electron chi connectivity index (χ0n) is 10.1. The molecule has 17 heavy (non-hydrogen) atoms. The zero-order valence-corrected chi connectivity index (χ0v) is 10.9. The Bertz CT molecular complexity index is 367. The van der Waals surface area contributed by atoms with Gasteiger partial charge in [0.05, 0.1) is 12.8 Å². The van der Waals surface area contributed by atoms with Gasteiger partial charge in [-0.1, -0.05) is 0 Å². The maximum Gasteiger partial charge on any atom is 0.238 e. The third-order valence-electron chi connectivity index (χ3n) is 3.00. The highest BCUT2D eigenvalue weighted by Crippen LogP contribution is 2.24. The lowest BCUT2D eigenvalue weighted by molar-refractivity contribution is 0.400. The molecule has 1 saturated heterocycles. The number of nitrogens with zero attached hydrogens (tertiary/aromatic N) is 1. The molecule has 3 N–H and O–H groups in total. The Hall–Kier alpha value is -1.10. The quantitative estimate of drug-likeness (QED) is 0.861. The molecule has 0 unspecified atom stereocenters. The van der Waals surface area contributed by atoms with Crippen molar-refractivity contribution in [1.29, 1.82) is 0 Å². The molecule has 0 atom stereocenters. The lowest BCUT2D eigenvalue weighted by Gasteiger charge is -2.21. The number of methoxy groups -OCH3 is 1. The fourth-order valence-electron chi connectivity index (χ4n) is 1.91. The first-order valence-electron chi connectivity index (χ1n) is 5.91. The number of ether oxygens (including phenoxy) is 1. The summed E-state index contributed by atoms with van der Waals surface area (Å²) in [5.41, 5.74) is 6.30. The van der Waals surface area contributed by atoms with Crippen LogP contribution in [0.3, 0.4) is 0 Å². The molecule has 4 nitrogen and oxygen atoms in total. The Labute approximate surface area is 106 Å². The molecule has 0 spiro atoms. The summed E-state index contributed by atoms with van der Waals surface area (Å²) in [6, 6.07) is 3.72. The Morgan fingerprint density at radius 1 is 1.47 bits per heavy atom. The van der Waals surface area contributed by atoms with E-state index in [1.807, 2.05) is 23.9 Å². The van der Waals surface area contributed by atoms with Crippen LogP contribution < -0.4 is 15.8 Å². The molecule has 0 bridgehead atoms. The molecule has 1 aromatic heterocycles. The number of aromatic nitrogens is 1. The molecule has 0 radical (unpaired) electrons. The van der Waals surface area contributed by atoms with Gasteiger partial charge >= 0.3 is 0 Å². The summed E-state index contributed by atoms with van der Waals surface area (Å²) < 4.78 is 5.10. The molecular weight excluding hydrogens is 234 g/mol. The van der Waals surface area contributed by atoms with Crippen LogP contribution >= 0.6 is 11.8 Å². The number of pyridine rings is 1. The molecule has 0 saturated carbocycles. The van der Waals surface area contributed by atoms with Gasteiger partial charge in [-0.05, 0) is 42.4 Å². The van der Waals surface area contributed by atoms with Crippen LogP contribution in [0.15, 0.2) is 12.1 Å². The van der Waals surface area contributed by atoms with E-state index in [4.69, 9.17) is 10.5 Å². The molecule has 1 aliphatic rings. The molecular formula is C12H19N3OS. The van der Waals surface area contributed by atoms with Crippen LogP contribution in [0.5, 0.6) is 5.88 Å². The lowest BCUT2D eigenvalue weighted by atomic mass is 10.0. The molecule has 5 heteroatoms. The molecule has 0 aliphatic carbocycles. The first-order chi connectivity index (χ1) is 8.29. The van der Waals surface area contributed by atoms with Gasteiger partial charge in [-0.15, -0.1) is 0 Å². The summed E-state index contributed by atoms with van der Waals surface area (Å²) >= 11 is 2.05. The van der Waals surface area contributed by atoms with Gasteiger partial charge in [0.15, 0.2) is 0 Å². The van der Waals surface area contributed by atoms with Crippen LogP contribution in [-0.4, -0.2) is 30.1 Å². The van der Waals surface area contributed by atoms with Crippen molar-refractivity contribution in [3.63, 3.8) is 0 Å². The molecule has 2 rings (SSSR count). The van der Waals surface area contributed by atoms with Crippen molar-refractivity contribution in [1.82, 2.24) is 4.98 Å². The Balaban J connectivity index is 1.89. The van der Waals surface area contributed by atoms with Crippen LogP contribution in [-0.2, 0) is 0 Å². The number of nitrogens with one attached hydrogen (secondary N) is 1. The lowest BCUT2D eigenvalue weighted by Crippen LogP contribution is -2.19. The van der Waals surface area contributed by atoms with Gasteiger partial charge in [0.25, 0.3) is 0 Å². The normalized spacial score (nSPS) is 16.8. The molecule has 0 aromatic carbocycles. The molecule has 1 aliphatic heterocycles. The predicted octanol–water partition coefficient (Wildman–Crippen LogP) is 2.23. The van der Waals surface area contributed by atoms with Crippen molar-refractivity contribution in [2.45, 2.75) is 12.8 Å². The first kappa shape index (κ1) is 12.4. The standard InChI is InChI=1S/C12H19N3OS/c1-16-12-10(13)2-3-11(15-12)14-8-9-4-6-17-7-5-9/h2-3,9H,4-8,13H2,1H3,(H,14,15). The summed E-state index contributed by atoms with van der Waals surface area (Å²) in [5, 5.41) is 3.36. The topological polar surface area (TPSA) is 60.2 Å². The number of nitrogens with two attached hydrogens (primary N) is 1. The minimum absolute atomic E-state index is 0.495. The number of anilines is 2. The van der Waals surface area contributed by atoms with E-state index in [1.54, 1.807) is 7.11 Å². The highest BCUT2D eigenvalue weighted by molar-refractivity contribution is 7.99. The highest BCUT2D eigenvalue weighted by atomic mass is 32.2. The van der Waals surface area contributed by atoms with Gasteiger partial charge in [-0.2, -0.15) is 16.7 Å². The third-order valence-corrected chi connectivity index (χ3v) is 4.04. The summed E-state index contributed by atoms with van der Waals surface area (Å²) in [6.07, 6.45) is 2.59. The van der Waals surface area contributed by atoms with Gasteiger partial charge < -0.3 is 15.8 Å². The Morgan fingerprint density at radius 2 is 2.24 bits per heavy atom. The number of thioether (sulfide) groups is 1. The molecule has 1 fully saturated rings. The van der Waals surface area contributed by atoms with E-state index in [1.165, 1.54) is 24.3 Å². The minimum atomic E-state index is 0.495. The predicted molar refractivity (Wildman–Crippen MR) is 73.7 cm³/mol. The molecule has 1 aromatic rings. The van der Waals surface area contributed by atoms with E-state index >= 15 is 0 Å². The molecule has 0 amide bonds. The monoisotopic (exact) mass is 253 g/mol. The van der Waals surface area contributed by atoms with E-state index in [0.717, 1.165) is 18.3 Å². The van der Waals surface area contributed by atoms with Gasteiger partial charge in [0, 0.05) is 6.54 Å². The number of hydrogen-bond acceptors (Lipinski definition) is 5. The second kappa shape index (κ2) is 6.00. The van der Waals surface area contributed by atoms with Crippen molar-refractivity contribution >= 4 is 23.3 Å². The van der Waals surface area contributed by atoms with Gasteiger partial charge in [0.1, 0.15) is 5.82 Å².